The molecule has 4 heteroatoms. The van der Waals surface area contributed by atoms with Gasteiger partial charge in [0.2, 0.25) is 5.91 Å². The van der Waals surface area contributed by atoms with E-state index >= 15 is 0 Å². The van der Waals surface area contributed by atoms with E-state index in [-0.39, 0.29) is 5.91 Å². The summed E-state index contributed by atoms with van der Waals surface area (Å²) in [6.07, 6.45) is 1.08. The van der Waals surface area contributed by atoms with E-state index in [1.54, 1.807) is 0 Å². The maximum Gasteiger partial charge on any atom is 0.239 e. The van der Waals surface area contributed by atoms with Crippen molar-refractivity contribution in [1.29, 1.82) is 0 Å². The van der Waals surface area contributed by atoms with Gasteiger partial charge in [0.25, 0.3) is 0 Å². The highest BCUT2D eigenvalue weighted by Crippen LogP contribution is 2.29. The molecular formula is C19H23N3O. The van der Waals surface area contributed by atoms with Crippen LogP contribution in [0.1, 0.15) is 24.1 Å². The monoisotopic (exact) mass is 309 g/mol. The van der Waals surface area contributed by atoms with Gasteiger partial charge < -0.3 is 16.0 Å². The number of primary amides is 1. The van der Waals surface area contributed by atoms with E-state index in [1.807, 2.05) is 30.3 Å². The van der Waals surface area contributed by atoms with Gasteiger partial charge in [0, 0.05) is 24.8 Å². The minimum atomic E-state index is -0.448. The van der Waals surface area contributed by atoms with E-state index in [0.717, 1.165) is 18.5 Å². The zero-order valence-corrected chi connectivity index (χ0v) is 13.4. The van der Waals surface area contributed by atoms with Gasteiger partial charge in [-0.05, 0) is 30.5 Å². The van der Waals surface area contributed by atoms with Crippen LogP contribution in [0.25, 0.3) is 0 Å². The molecule has 0 fully saturated rings. The number of hydrogen-bond acceptors (Lipinski definition) is 3. The molecule has 2 atom stereocenters. The molecule has 1 heterocycles. The molecule has 120 valence electrons. The number of para-hydroxylation sites is 1. The van der Waals surface area contributed by atoms with E-state index < -0.39 is 6.04 Å². The van der Waals surface area contributed by atoms with Gasteiger partial charge in [-0.25, -0.2) is 0 Å². The molecule has 1 amide bonds. The van der Waals surface area contributed by atoms with Gasteiger partial charge >= 0.3 is 0 Å². The predicted octanol–water partition coefficient (Wildman–Crippen LogP) is 2.25. The first-order chi connectivity index (χ1) is 11.2. The number of nitrogens with zero attached hydrogens (tertiary/aromatic N) is 1. The predicted molar refractivity (Wildman–Crippen MR) is 93.3 cm³/mol. The van der Waals surface area contributed by atoms with Crippen LogP contribution in [-0.4, -0.2) is 25.0 Å². The zero-order valence-electron chi connectivity index (χ0n) is 13.4. The SMILES string of the molecule is C[C@H](CN[C@H](C(N)=O)c1ccccc1)N1CCc2ccccc21. The highest BCUT2D eigenvalue weighted by Gasteiger charge is 2.24. The van der Waals surface area contributed by atoms with Crippen molar-refractivity contribution in [3.8, 4) is 0 Å². The second-order valence-electron chi connectivity index (χ2n) is 6.08. The molecule has 1 aliphatic rings. The van der Waals surface area contributed by atoms with Crippen LogP contribution in [-0.2, 0) is 11.2 Å². The molecule has 0 saturated carbocycles. The molecule has 0 aromatic heterocycles. The summed E-state index contributed by atoms with van der Waals surface area (Å²) >= 11 is 0. The van der Waals surface area contributed by atoms with Gasteiger partial charge in [0.05, 0.1) is 0 Å². The summed E-state index contributed by atoms with van der Waals surface area (Å²) in [7, 11) is 0. The largest absolute Gasteiger partial charge is 0.368 e. The first kappa shape index (κ1) is 15.6. The van der Waals surface area contributed by atoms with Crippen molar-refractivity contribution in [3.63, 3.8) is 0 Å². The Kier molecular flexibility index (Phi) is 4.63. The number of anilines is 1. The number of amides is 1. The van der Waals surface area contributed by atoms with Crippen LogP contribution in [0.5, 0.6) is 0 Å². The van der Waals surface area contributed by atoms with Gasteiger partial charge in [-0.3, -0.25) is 4.79 Å². The minimum absolute atomic E-state index is 0.296. The molecule has 0 spiro atoms. The number of benzene rings is 2. The van der Waals surface area contributed by atoms with Gasteiger partial charge in [0.15, 0.2) is 0 Å². The van der Waals surface area contributed by atoms with Crippen molar-refractivity contribution in [1.82, 2.24) is 5.32 Å². The number of hydrogen-bond donors (Lipinski definition) is 2. The van der Waals surface area contributed by atoms with Gasteiger partial charge in [-0.15, -0.1) is 0 Å². The summed E-state index contributed by atoms with van der Waals surface area (Å²) in [5.41, 5.74) is 9.18. The third-order valence-electron chi connectivity index (χ3n) is 4.49. The fourth-order valence-corrected chi connectivity index (χ4v) is 3.25. The van der Waals surface area contributed by atoms with E-state index in [1.165, 1.54) is 11.3 Å². The number of nitrogens with two attached hydrogens (primary N) is 1. The Morgan fingerprint density at radius 2 is 1.87 bits per heavy atom. The molecule has 3 rings (SSSR count). The lowest BCUT2D eigenvalue weighted by atomic mass is 10.1. The van der Waals surface area contributed by atoms with Crippen LogP contribution >= 0.6 is 0 Å². The average Bonchev–Trinajstić information content (AvgIpc) is 2.99. The molecule has 0 aliphatic carbocycles. The van der Waals surface area contributed by atoms with Crippen molar-refractivity contribution in [3.05, 3.63) is 65.7 Å². The lowest BCUT2D eigenvalue weighted by molar-refractivity contribution is -0.120. The topological polar surface area (TPSA) is 58.4 Å². The number of carbonyl (C=O) groups is 1. The fraction of sp³-hybridized carbons (Fsp3) is 0.316. The second kappa shape index (κ2) is 6.84. The van der Waals surface area contributed by atoms with Crippen LogP contribution in [0.15, 0.2) is 54.6 Å². The lowest BCUT2D eigenvalue weighted by Gasteiger charge is -2.29. The number of carbonyl (C=O) groups excluding carboxylic acids is 1. The molecular weight excluding hydrogens is 286 g/mol. The van der Waals surface area contributed by atoms with Gasteiger partial charge in [-0.1, -0.05) is 48.5 Å². The number of fused-ring (bicyclic) bond motifs is 1. The molecule has 0 unspecified atom stereocenters. The standard InChI is InChI=1S/C19H23N3O/c1-14(22-12-11-15-7-5-6-10-17(15)22)13-21-18(19(20)23)16-8-3-2-4-9-16/h2-10,14,18,21H,11-13H2,1H3,(H2,20,23)/t14-,18+/m1/s1. The summed E-state index contributed by atoms with van der Waals surface area (Å²) in [5.74, 6) is -0.342. The van der Waals surface area contributed by atoms with Crippen molar-refractivity contribution in [2.75, 3.05) is 18.0 Å². The van der Waals surface area contributed by atoms with Crippen LogP contribution in [0.4, 0.5) is 5.69 Å². The number of rotatable bonds is 6. The van der Waals surface area contributed by atoms with Crippen LogP contribution < -0.4 is 16.0 Å². The Morgan fingerprint density at radius 1 is 1.17 bits per heavy atom. The van der Waals surface area contributed by atoms with Crippen LogP contribution in [0.2, 0.25) is 0 Å². The fourth-order valence-electron chi connectivity index (χ4n) is 3.25. The number of nitrogens with one attached hydrogen (secondary N) is 1. The highest BCUT2D eigenvalue weighted by molar-refractivity contribution is 5.81. The summed E-state index contributed by atoms with van der Waals surface area (Å²) < 4.78 is 0. The molecule has 23 heavy (non-hydrogen) atoms. The van der Waals surface area contributed by atoms with Crippen molar-refractivity contribution < 1.29 is 4.79 Å². The maximum atomic E-state index is 11.8. The van der Waals surface area contributed by atoms with E-state index in [9.17, 15) is 4.79 Å². The van der Waals surface area contributed by atoms with Crippen LogP contribution in [0.3, 0.4) is 0 Å². The van der Waals surface area contributed by atoms with Gasteiger partial charge in [0.1, 0.15) is 6.04 Å². The van der Waals surface area contributed by atoms with Gasteiger partial charge in [-0.2, -0.15) is 0 Å². The highest BCUT2D eigenvalue weighted by atomic mass is 16.1. The quantitative estimate of drug-likeness (QED) is 0.860. The third-order valence-corrected chi connectivity index (χ3v) is 4.49. The Hall–Kier alpha value is -2.33. The minimum Gasteiger partial charge on any atom is -0.368 e. The molecule has 2 aromatic carbocycles. The molecule has 3 N–H and O–H groups in total. The Bertz CT molecular complexity index is 671. The summed E-state index contributed by atoms with van der Waals surface area (Å²) in [5, 5.41) is 3.33. The molecule has 0 radical (unpaired) electrons. The molecule has 4 nitrogen and oxygen atoms in total. The summed E-state index contributed by atoms with van der Waals surface area (Å²) in [4.78, 5) is 14.2. The molecule has 1 aliphatic heterocycles. The Labute approximate surface area is 137 Å². The Balaban J connectivity index is 1.66. The van der Waals surface area contributed by atoms with E-state index in [4.69, 9.17) is 5.73 Å². The van der Waals surface area contributed by atoms with Crippen molar-refractivity contribution >= 4 is 11.6 Å². The summed E-state index contributed by atoms with van der Waals surface area (Å²) in [6.45, 7) is 3.91. The van der Waals surface area contributed by atoms with E-state index in [0.29, 0.717) is 12.6 Å². The van der Waals surface area contributed by atoms with Crippen LogP contribution in [0, 0.1) is 0 Å². The van der Waals surface area contributed by atoms with Crippen molar-refractivity contribution in [2.24, 2.45) is 5.73 Å². The normalized spacial score (nSPS) is 16.0. The first-order valence-electron chi connectivity index (χ1n) is 8.09. The molecule has 0 bridgehead atoms. The second-order valence-corrected chi connectivity index (χ2v) is 6.08. The zero-order chi connectivity index (χ0) is 16.2. The smallest absolute Gasteiger partial charge is 0.239 e. The lowest BCUT2D eigenvalue weighted by Crippen LogP contribution is -2.43. The third kappa shape index (κ3) is 3.37. The summed E-state index contributed by atoms with van der Waals surface area (Å²) in [6, 6.07) is 18.0. The van der Waals surface area contributed by atoms with E-state index in [2.05, 4.69) is 41.4 Å². The first-order valence-corrected chi connectivity index (χ1v) is 8.09. The Morgan fingerprint density at radius 3 is 2.61 bits per heavy atom. The maximum absolute atomic E-state index is 11.8. The molecule has 0 saturated heterocycles. The van der Waals surface area contributed by atoms with Crippen molar-refractivity contribution in [2.45, 2.75) is 25.4 Å². The average molecular weight is 309 g/mol. The molecule has 2 aromatic rings.